The molecule has 94 valence electrons. The van der Waals surface area contributed by atoms with E-state index in [2.05, 4.69) is 54.6 Å². The third-order valence-electron chi connectivity index (χ3n) is 3.71. The summed E-state index contributed by atoms with van der Waals surface area (Å²) in [5.41, 5.74) is 2.49. The lowest BCUT2D eigenvalue weighted by atomic mass is 9.88. The van der Waals surface area contributed by atoms with Crippen LogP contribution in [0.25, 0.3) is 10.8 Å². The van der Waals surface area contributed by atoms with Gasteiger partial charge in [0.15, 0.2) is 0 Å². The summed E-state index contributed by atoms with van der Waals surface area (Å²) in [5, 5.41) is 2.48. The molecule has 0 aliphatic heterocycles. The Morgan fingerprint density at radius 1 is 1.11 bits per heavy atom. The standard InChI is InChI=1S/C18H16O/c19-12-11-18(15-6-2-3-7-15)17-10-9-14-5-1-4-8-16(14)13-17/h1-2,4-10,12-13,18H,3,11H2/t18-/m1/s1. The van der Waals surface area contributed by atoms with E-state index in [1.165, 1.54) is 21.9 Å². The smallest absolute Gasteiger partial charge is 0.120 e. The molecule has 0 radical (unpaired) electrons. The number of carbonyl (C=O) groups is 1. The van der Waals surface area contributed by atoms with Crippen molar-refractivity contribution in [2.45, 2.75) is 18.8 Å². The molecule has 2 aromatic carbocycles. The Labute approximate surface area is 113 Å². The van der Waals surface area contributed by atoms with Gasteiger partial charge in [0.25, 0.3) is 0 Å². The average Bonchev–Trinajstić information content (AvgIpc) is 2.98. The first-order valence-corrected chi connectivity index (χ1v) is 6.67. The van der Waals surface area contributed by atoms with Crippen LogP contribution in [0.15, 0.2) is 66.3 Å². The Bertz CT molecular complexity index is 664. The van der Waals surface area contributed by atoms with E-state index in [0.29, 0.717) is 6.42 Å². The Hall–Kier alpha value is -2.15. The maximum atomic E-state index is 11.0. The summed E-state index contributed by atoms with van der Waals surface area (Å²) < 4.78 is 0. The van der Waals surface area contributed by atoms with Crippen LogP contribution in [0.3, 0.4) is 0 Å². The van der Waals surface area contributed by atoms with Crippen molar-refractivity contribution < 1.29 is 4.79 Å². The second-order valence-electron chi connectivity index (χ2n) is 4.90. The van der Waals surface area contributed by atoms with E-state index in [9.17, 15) is 4.79 Å². The lowest BCUT2D eigenvalue weighted by Crippen LogP contribution is -2.01. The van der Waals surface area contributed by atoms with Crippen LogP contribution in [0, 0.1) is 0 Å². The number of carbonyl (C=O) groups excluding carboxylic acids is 1. The number of fused-ring (bicyclic) bond motifs is 1. The van der Waals surface area contributed by atoms with Crippen LogP contribution in [-0.4, -0.2) is 6.29 Å². The molecular formula is C18H16O. The number of rotatable bonds is 4. The van der Waals surface area contributed by atoms with Crippen LogP contribution < -0.4 is 0 Å². The zero-order chi connectivity index (χ0) is 13.1. The highest BCUT2D eigenvalue weighted by Gasteiger charge is 2.16. The van der Waals surface area contributed by atoms with Gasteiger partial charge < -0.3 is 4.79 Å². The van der Waals surface area contributed by atoms with E-state index in [-0.39, 0.29) is 5.92 Å². The number of hydrogen-bond donors (Lipinski definition) is 0. The van der Waals surface area contributed by atoms with Crippen molar-refractivity contribution in [1.82, 2.24) is 0 Å². The molecule has 0 N–H and O–H groups in total. The Balaban J connectivity index is 2.04. The quantitative estimate of drug-likeness (QED) is 0.733. The SMILES string of the molecule is O=CC[C@H](C1=CCC=C1)c1ccc2ccccc2c1. The minimum absolute atomic E-state index is 0.195. The Morgan fingerprint density at radius 2 is 1.95 bits per heavy atom. The molecule has 0 amide bonds. The van der Waals surface area contributed by atoms with E-state index in [0.717, 1.165) is 12.7 Å². The molecule has 3 rings (SSSR count). The molecule has 1 aliphatic rings. The van der Waals surface area contributed by atoms with E-state index < -0.39 is 0 Å². The molecule has 0 heterocycles. The lowest BCUT2D eigenvalue weighted by molar-refractivity contribution is -0.108. The van der Waals surface area contributed by atoms with Gasteiger partial charge in [-0.15, -0.1) is 0 Å². The molecule has 19 heavy (non-hydrogen) atoms. The zero-order valence-corrected chi connectivity index (χ0v) is 10.8. The first-order chi connectivity index (χ1) is 9.38. The molecule has 0 bridgehead atoms. The van der Waals surface area contributed by atoms with Crippen molar-refractivity contribution >= 4 is 17.1 Å². The third-order valence-corrected chi connectivity index (χ3v) is 3.71. The van der Waals surface area contributed by atoms with Crippen molar-refractivity contribution in [1.29, 1.82) is 0 Å². The van der Waals surface area contributed by atoms with Gasteiger partial charge in [-0.1, -0.05) is 60.7 Å². The summed E-state index contributed by atoms with van der Waals surface area (Å²) in [6, 6.07) is 14.8. The fourth-order valence-corrected chi connectivity index (χ4v) is 2.72. The summed E-state index contributed by atoms with van der Waals surface area (Å²) >= 11 is 0. The highest BCUT2D eigenvalue weighted by atomic mass is 16.1. The third kappa shape index (κ3) is 2.37. The van der Waals surface area contributed by atoms with Crippen LogP contribution >= 0.6 is 0 Å². The monoisotopic (exact) mass is 248 g/mol. The molecular weight excluding hydrogens is 232 g/mol. The highest BCUT2D eigenvalue weighted by molar-refractivity contribution is 5.83. The summed E-state index contributed by atoms with van der Waals surface area (Å²) in [6.45, 7) is 0. The fourth-order valence-electron chi connectivity index (χ4n) is 2.72. The van der Waals surface area contributed by atoms with Gasteiger partial charge in [-0.25, -0.2) is 0 Å². The van der Waals surface area contributed by atoms with Gasteiger partial charge in [0, 0.05) is 12.3 Å². The second-order valence-corrected chi connectivity index (χ2v) is 4.90. The van der Waals surface area contributed by atoms with Crippen LogP contribution in [0.1, 0.15) is 24.3 Å². The molecule has 2 aromatic rings. The predicted molar refractivity (Wildman–Crippen MR) is 79.2 cm³/mol. The van der Waals surface area contributed by atoms with Gasteiger partial charge in [0.05, 0.1) is 0 Å². The minimum atomic E-state index is 0.195. The first-order valence-electron chi connectivity index (χ1n) is 6.67. The van der Waals surface area contributed by atoms with Gasteiger partial charge in [0.2, 0.25) is 0 Å². The van der Waals surface area contributed by atoms with Gasteiger partial charge >= 0.3 is 0 Å². The number of benzene rings is 2. The molecule has 0 unspecified atom stereocenters. The largest absolute Gasteiger partial charge is 0.303 e. The summed E-state index contributed by atoms with van der Waals surface area (Å²) in [4.78, 5) is 11.0. The minimum Gasteiger partial charge on any atom is -0.303 e. The fraction of sp³-hybridized carbons (Fsp3) is 0.167. The van der Waals surface area contributed by atoms with Crippen molar-refractivity contribution in [2.75, 3.05) is 0 Å². The molecule has 0 saturated carbocycles. The molecule has 1 atom stereocenters. The number of aldehydes is 1. The topological polar surface area (TPSA) is 17.1 Å². The Morgan fingerprint density at radius 3 is 2.68 bits per heavy atom. The average molecular weight is 248 g/mol. The van der Waals surface area contributed by atoms with E-state index >= 15 is 0 Å². The van der Waals surface area contributed by atoms with Crippen LogP contribution in [0.2, 0.25) is 0 Å². The van der Waals surface area contributed by atoms with E-state index in [1.54, 1.807) is 0 Å². The predicted octanol–water partition coefficient (Wildman–Crippen LogP) is 4.40. The van der Waals surface area contributed by atoms with Crippen molar-refractivity contribution in [3.63, 3.8) is 0 Å². The van der Waals surface area contributed by atoms with Crippen molar-refractivity contribution in [3.05, 3.63) is 71.8 Å². The van der Waals surface area contributed by atoms with Gasteiger partial charge in [-0.05, 0) is 28.3 Å². The normalized spacial score (nSPS) is 15.5. The van der Waals surface area contributed by atoms with Gasteiger partial charge in [-0.3, -0.25) is 0 Å². The summed E-state index contributed by atoms with van der Waals surface area (Å²) in [6.07, 6.45) is 9.06. The molecule has 0 fully saturated rings. The molecule has 0 saturated heterocycles. The molecule has 1 aliphatic carbocycles. The Kier molecular flexibility index (Phi) is 3.28. The number of hydrogen-bond acceptors (Lipinski definition) is 1. The van der Waals surface area contributed by atoms with Crippen LogP contribution in [0.4, 0.5) is 0 Å². The number of allylic oxidation sites excluding steroid dienone is 4. The molecule has 0 aromatic heterocycles. The van der Waals surface area contributed by atoms with Gasteiger partial charge in [0.1, 0.15) is 6.29 Å². The van der Waals surface area contributed by atoms with Crippen LogP contribution in [0.5, 0.6) is 0 Å². The molecule has 1 heteroatoms. The summed E-state index contributed by atoms with van der Waals surface area (Å²) in [5.74, 6) is 0.195. The highest BCUT2D eigenvalue weighted by Crippen LogP contribution is 2.32. The summed E-state index contributed by atoms with van der Waals surface area (Å²) in [7, 11) is 0. The molecule has 1 nitrogen and oxygen atoms in total. The lowest BCUT2D eigenvalue weighted by Gasteiger charge is -2.16. The maximum absolute atomic E-state index is 11.0. The van der Waals surface area contributed by atoms with Crippen molar-refractivity contribution in [2.24, 2.45) is 0 Å². The molecule has 0 spiro atoms. The van der Waals surface area contributed by atoms with E-state index in [4.69, 9.17) is 0 Å². The first kappa shape index (κ1) is 11.9. The van der Waals surface area contributed by atoms with Crippen LogP contribution in [-0.2, 0) is 4.79 Å². The van der Waals surface area contributed by atoms with Gasteiger partial charge in [-0.2, -0.15) is 0 Å². The van der Waals surface area contributed by atoms with Crippen molar-refractivity contribution in [3.8, 4) is 0 Å². The zero-order valence-electron chi connectivity index (χ0n) is 10.8. The van der Waals surface area contributed by atoms with E-state index in [1.807, 2.05) is 6.07 Å². The second kappa shape index (κ2) is 5.23. The maximum Gasteiger partial charge on any atom is 0.120 e.